The summed E-state index contributed by atoms with van der Waals surface area (Å²) in [6.07, 6.45) is 0. The second kappa shape index (κ2) is 4.54. The minimum Gasteiger partial charge on any atom is -0.399 e. The molecular weight excluding hydrogens is 261 g/mol. The molecule has 1 aromatic carbocycles. The number of hydrogen-bond acceptors (Lipinski definition) is 4. The van der Waals surface area contributed by atoms with Gasteiger partial charge in [0.25, 0.3) is 0 Å². The summed E-state index contributed by atoms with van der Waals surface area (Å²) in [5.41, 5.74) is 5.43. The lowest BCUT2D eigenvalue weighted by Crippen LogP contribution is -2.49. The first-order chi connectivity index (χ1) is 8.39. The first-order valence-electron chi connectivity index (χ1n) is 5.22. The summed E-state index contributed by atoms with van der Waals surface area (Å²) in [7, 11) is -3.89. The van der Waals surface area contributed by atoms with E-state index < -0.39 is 15.8 Å². The molecule has 0 aromatic heterocycles. The van der Waals surface area contributed by atoms with Crippen LogP contribution in [0.5, 0.6) is 0 Å². The van der Waals surface area contributed by atoms with Gasteiger partial charge in [0, 0.05) is 18.8 Å². The predicted molar refractivity (Wildman–Crippen MR) is 62.6 cm³/mol. The predicted octanol–water partition coefficient (Wildman–Crippen LogP) is -0.472. The van der Waals surface area contributed by atoms with Gasteiger partial charge >= 0.3 is 0 Å². The van der Waals surface area contributed by atoms with Gasteiger partial charge < -0.3 is 11.1 Å². The molecule has 6 nitrogen and oxygen atoms in total. The Bertz CT molecular complexity index is 568. The molecular formula is C10H12FN3O3S. The first-order valence-corrected chi connectivity index (χ1v) is 6.66. The van der Waals surface area contributed by atoms with E-state index in [0.717, 1.165) is 16.4 Å². The van der Waals surface area contributed by atoms with Crippen LogP contribution < -0.4 is 11.1 Å². The van der Waals surface area contributed by atoms with Crippen LogP contribution >= 0.6 is 0 Å². The number of hydrogen-bond donors (Lipinski definition) is 2. The van der Waals surface area contributed by atoms with Crippen LogP contribution in [0, 0.1) is 5.82 Å². The monoisotopic (exact) mass is 273 g/mol. The highest BCUT2D eigenvalue weighted by molar-refractivity contribution is 7.89. The third-order valence-corrected chi connectivity index (χ3v) is 4.36. The normalized spacial score (nSPS) is 17.5. The number of anilines is 1. The van der Waals surface area contributed by atoms with Gasteiger partial charge in [-0.25, -0.2) is 12.8 Å². The zero-order chi connectivity index (χ0) is 13.3. The van der Waals surface area contributed by atoms with Crippen LogP contribution in [0.25, 0.3) is 0 Å². The molecule has 1 aromatic rings. The Kier molecular flexibility index (Phi) is 3.22. The minimum atomic E-state index is -3.89. The van der Waals surface area contributed by atoms with Crippen LogP contribution in [0.15, 0.2) is 23.1 Å². The fraction of sp³-hybridized carbons (Fsp3) is 0.300. The molecule has 8 heteroatoms. The van der Waals surface area contributed by atoms with Crippen LogP contribution in [0.3, 0.4) is 0 Å². The van der Waals surface area contributed by atoms with Crippen LogP contribution in [0.1, 0.15) is 0 Å². The standard InChI is InChI=1S/C10H12FN3O3S/c11-7-3-8(12)5-9(4-7)18(16,17)14-2-1-13-10(15)6-14/h3-5H,1-2,6,12H2,(H,13,15). The molecule has 98 valence electrons. The van der Waals surface area contributed by atoms with Gasteiger partial charge in [0.2, 0.25) is 15.9 Å². The lowest BCUT2D eigenvalue weighted by molar-refractivity contribution is -0.122. The number of sulfonamides is 1. The number of piperazine rings is 1. The second-order valence-electron chi connectivity index (χ2n) is 3.91. The molecule has 0 bridgehead atoms. The molecule has 1 aliphatic heterocycles. The van der Waals surface area contributed by atoms with E-state index in [1.165, 1.54) is 6.07 Å². The lowest BCUT2D eigenvalue weighted by atomic mass is 10.3. The number of nitrogen functional groups attached to an aromatic ring is 1. The zero-order valence-electron chi connectivity index (χ0n) is 9.39. The van der Waals surface area contributed by atoms with E-state index in [2.05, 4.69) is 5.32 Å². The average Bonchev–Trinajstić information content (AvgIpc) is 2.27. The molecule has 18 heavy (non-hydrogen) atoms. The van der Waals surface area contributed by atoms with Crippen molar-refractivity contribution in [3.05, 3.63) is 24.0 Å². The number of amides is 1. The van der Waals surface area contributed by atoms with Crippen molar-refractivity contribution in [3.8, 4) is 0 Å². The topological polar surface area (TPSA) is 92.5 Å². The maximum atomic E-state index is 13.2. The minimum absolute atomic E-state index is 0.0232. The third-order valence-electron chi connectivity index (χ3n) is 2.53. The van der Waals surface area contributed by atoms with Crippen molar-refractivity contribution >= 4 is 21.6 Å². The van der Waals surface area contributed by atoms with Gasteiger partial charge in [-0.2, -0.15) is 4.31 Å². The Balaban J connectivity index is 2.38. The molecule has 1 aliphatic rings. The number of carbonyl (C=O) groups excluding carboxylic acids is 1. The molecule has 1 heterocycles. The fourth-order valence-electron chi connectivity index (χ4n) is 1.70. The Morgan fingerprint density at radius 2 is 2.06 bits per heavy atom. The number of carbonyl (C=O) groups is 1. The summed E-state index contributed by atoms with van der Waals surface area (Å²) >= 11 is 0. The van der Waals surface area contributed by atoms with E-state index in [4.69, 9.17) is 5.73 Å². The highest BCUT2D eigenvalue weighted by Crippen LogP contribution is 2.20. The van der Waals surface area contributed by atoms with E-state index in [1.807, 2.05) is 0 Å². The number of rotatable bonds is 2. The summed E-state index contributed by atoms with van der Waals surface area (Å²) in [4.78, 5) is 10.9. The molecule has 0 spiro atoms. The van der Waals surface area contributed by atoms with E-state index in [-0.39, 0.29) is 36.1 Å². The molecule has 1 fully saturated rings. The van der Waals surface area contributed by atoms with Crippen LogP contribution in [0.2, 0.25) is 0 Å². The average molecular weight is 273 g/mol. The maximum absolute atomic E-state index is 13.2. The van der Waals surface area contributed by atoms with Gasteiger partial charge in [-0.1, -0.05) is 0 Å². The number of halogens is 1. The highest BCUT2D eigenvalue weighted by Gasteiger charge is 2.29. The molecule has 0 atom stereocenters. The van der Waals surface area contributed by atoms with E-state index in [0.29, 0.717) is 0 Å². The lowest BCUT2D eigenvalue weighted by Gasteiger charge is -2.25. The van der Waals surface area contributed by atoms with Crippen molar-refractivity contribution in [1.82, 2.24) is 9.62 Å². The molecule has 3 N–H and O–H groups in total. The summed E-state index contributed by atoms with van der Waals surface area (Å²) < 4.78 is 38.5. The number of nitrogens with zero attached hydrogens (tertiary/aromatic N) is 1. The molecule has 0 aliphatic carbocycles. The fourth-order valence-corrected chi connectivity index (χ4v) is 3.17. The SMILES string of the molecule is Nc1cc(F)cc(S(=O)(=O)N2CCNC(=O)C2)c1. The molecule has 2 rings (SSSR count). The molecule has 0 radical (unpaired) electrons. The molecule has 1 amide bonds. The molecule has 0 unspecified atom stereocenters. The van der Waals surface area contributed by atoms with Crippen molar-refractivity contribution in [2.75, 3.05) is 25.4 Å². The first kappa shape index (κ1) is 12.8. The second-order valence-corrected chi connectivity index (χ2v) is 5.85. The summed E-state index contributed by atoms with van der Waals surface area (Å²) in [6, 6.07) is 3.09. The maximum Gasteiger partial charge on any atom is 0.243 e. The van der Waals surface area contributed by atoms with E-state index in [9.17, 15) is 17.6 Å². The van der Waals surface area contributed by atoms with Crippen molar-refractivity contribution < 1.29 is 17.6 Å². The molecule has 1 saturated heterocycles. The van der Waals surface area contributed by atoms with Gasteiger partial charge in [-0.05, 0) is 18.2 Å². The smallest absolute Gasteiger partial charge is 0.243 e. The number of benzene rings is 1. The number of nitrogens with two attached hydrogens (primary N) is 1. The molecule has 0 saturated carbocycles. The Hall–Kier alpha value is -1.67. The van der Waals surface area contributed by atoms with Gasteiger partial charge in [0.05, 0.1) is 11.4 Å². The van der Waals surface area contributed by atoms with Crippen molar-refractivity contribution in [2.24, 2.45) is 0 Å². The largest absolute Gasteiger partial charge is 0.399 e. The van der Waals surface area contributed by atoms with Gasteiger partial charge in [-0.3, -0.25) is 4.79 Å². The van der Waals surface area contributed by atoms with Gasteiger partial charge in [0.1, 0.15) is 5.82 Å². The quantitative estimate of drug-likeness (QED) is 0.712. The van der Waals surface area contributed by atoms with Crippen molar-refractivity contribution in [1.29, 1.82) is 0 Å². The van der Waals surface area contributed by atoms with Gasteiger partial charge in [-0.15, -0.1) is 0 Å². The van der Waals surface area contributed by atoms with Gasteiger partial charge in [0.15, 0.2) is 0 Å². The van der Waals surface area contributed by atoms with Crippen LogP contribution in [0.4, 0.5) is 10.1 Å². The number of nitrogens with one attached hydrogen (secondary N) is 1. The van der Waals surface area contributed by atoms with Crippen molar-refractivity contribution in [3.63, 3.8) is 0 Å². The summed E-state index contributed by atoms with van der Waals surface area (Å²) in [5.74, 6) is -1.11. The highest BCUT2D eigenvalue weighted by atomic mass is 32.2. The Labute approximate surface area is 104 Å². The Morgan fingerprint density at radius 1 is 1.33 bits per heavy atom. The zero-order valence-corrected chi connectivity index (χ0v) is 10.2. The Morgan fingerprint density at radius 3 is 2.67 bits per heavy atom. The van der Waals surface area contributed by atoms with Crippen LogP contribution in [-0.2, 0) is 14.8 Å². The summed E-state index contributed by atoms with van der Waals surface area (Å²) in [6.45, 7) is 0.131. The van der Waals surface area contributed by atoms with E-state index in [1.54, 1.807) is 0 Å². The summed E-state index contributed by atoms with van der Waals surface area (Å²) in [5, 5.41) is 2.51. The third kappa shape index (κ3) is 2.44. The van der Waals surface area contributed by atoms with Crippen LogP contribution in [-0.4, -0.2) is 38.3 Å². The van der Waals surface area contributed by atoms with E-state index >= 15 is 0 Å². The van der Waals surface area contributed by atoms with Crippen molar-refractivity contribution in [2.45, 2.75) is 4.90 Å².